The van der Waals surface area contributed by atoms with Crippen molar-refractivity contribution in [3.8, 4) is 0 Å². The van der Waals surface area contributed by atoms with Crippen LogP contribution in [0.15, 0.2) is 10.9 Å². The van der Waals surface area contributed by atoms with Crippen LogP contribution in [0.3, 0.4) is 0 Å². The van der Waals surface area contributed by atoms with E-state index in [-0.39, 0.29) is 11.5 Å². The number of amides is 1. The molecule has 0 aliphatic heterocycles. The first kappa shape index (κ1) is 15.0. The van der Waals surface area contributed by atoms with Gasteiger partial charge in [0.1, 0.15) is 11.4 Å². The van der Waals surface area contributed by atoms with Crippen LogP contribution in [-0.2, 0) is 6.42 Å². The molecule has 2 aromatic heterocycles. The lowest BCUT2D eigenvalue weighted by molar-refractivity contribution is 0.102. The highest BCUT2D eigenvalue weighted by atomic mass is 16.2. The van der Waals surface area contributed by atoms with Gasteiger partial charge in [-0.3, -0.25) is 14.7 Å². The van der Waals surface area contributed by atoms with Crippen molar-refractivity contribution in [1.29, 1.82) is 0 Å². The Hall–Kier alpha value is -2.44. The van der Waals surface area contributed by atoms with Crippen molar-refractivity contribution in [2.45, 2.75) is 40.0 Å². The van der Waals surface area contributed by atoms with Crippen LogP contribution in [0.1, 0.15) is 54.3 Å². The largest absolute Gasteiger partial charge is 0.310 e. The van der Waals surface area contributed by atoms with Gasteiger partial charge < -0.3 is 10.3 Å². The molecule has 0 aliphatic rings. The zero-order chi connectivity index (χ0) is 15.6. The van der Waals surface area contributed by atoms with E-state index in [1.807, 2.05) is 20.8 Å². The molecule has 7 nitrogen and oxygen atoms in total. The topological polar surface area (TPSA) is 104 Å². The molecule has 0 atom stereocenters. The van der Waals surface area contributed by atoms with Gasteiger partial charge in [-0.1, -0.05) is 20.8 Å². The number of anilines is 1. The third-order valence-corrected chi connectivity index (χ3v) is 3.15. The van der Waals surface area contributed by atoms with E-state index in [0.717, 1.165) is 12.1 Å². The molecule has 2 aromatic rings. The Morgan fingerprint density at radius 3 is 2.67 bits per heavy atom. The van der Waals surface area contributed by atoms with Crippen molar-refractivity contribution in [3.05, 3.63) is 39.2 Å². The summed E-state index contributed by atoms with van der Waals surface area (Å²) in [7, 11) is 0. The summed E-state index contributed by atoms with van der Waals surface area (Å²) in [5.74, 6) is 0.545. The lowest BCUT2D eigenvalue weighted by Gasteiger charge is -2.08. The van der Waals surface area contributed by atoms with Gasteiger partial charge in [-0.2, -0.15) is 5.10 Å². The number of rotatable bonds is 4. The van der Waals surface area contributed by atoms with Gasteiger partial charge in [0.15, 0.2) is 5.82 Å². The quantitative estimate of drug-likeness (QED) is 0.797. The second-order valence-electron chi connectivity index (χ2n) is 5.15. The molecule has 2 rings (SSSR count). The SMILES string of the molecule is CCc1cc(NC(=O)c2c(C)nc(C(C)C)[nH]c2=O)n[nH]1. The van der Waals surface area contributed by atoms with Gasteiger partial charge in [0.05, 0.1) is 5.69 Å². The van der Waals surface area contributed by atoms with Crippen molar-refractivity contribution < 1.29 is 4.79 Å². The fraction of sp³-hybridized carbons (Fsp3) is 0.429. The number of nitrogens with one attached hydrogen (secondary N) is 3. The van der Waals surface area contributed by atoms with E-state index in [4.69, 9.17) is 0 Å². The lowest BCUT2D eigenvalue weighted by atomic mass is 10.1. The third-order valence-electron chi connectivity index (χ3n) is 3.15. The Morgan fingerprint density at radius 2 is 2.14 bits per heavy atom. The van der Waals surface area contributed by atoms with Crippen molar-refractivity contribution in [1.82, 2.24) is 20.2 Å². The Morgan fingerprint density at radius 1 is 1.43 bits per heavy atom. The molecule has 0 saturated heterocycles. The van der Waals surface area contributed by atoms with Gasteiger partial charge in [-0.05, 0) is 13.3 Å². The number of hydrogen-bond donors (Lipinski definition) is 3. The summed E-state index contributed by atoms with van der Waals surface area (Å²) in [5, 5.41) is 9.37. The molecule has 0 bridgehead atoms. The Bertz CT molecular complexity index is 714. The number of aryl methyl sites for hydroxylation is 2. The summed E-state index contributed by atoms with van der Waals surface area (Å²) in [6.07, 6.45) is 0.785. The molecule has 0 saturated carbocycles. The maximum atomic E-state index is 12.2. The van der Waals surface area contributed by atoms with Crippen molar-refractivity contribution in [2.24, 2.45) is 0 Å². The molecule has 0 aliphatic carbocycles. The molecule has 0 radical (unpaired) electrons. The van der Waals surface area contributed by atoms with Crippen LogP contribution >= 0.6 is 0 Å². The molecule has 2 heterocycles. The van der Waals surface area contributed by atoms with Crippen LogP contribution in [0, 0.1) is 6.92 Å². The van der Waals surface area contributed by atoms with Crippen LogP contribution in [-0.4, -0.2) is 26.1 Å². The van der Waals surface area contributed by atoms with E-state index in [0.29, 0.717) is 17.3 Å². The van der Waals surface area contributed by atoms with Gasteiger partial charge in [-0.25, -0.2) is 4.98 Å². The average Bonchev–Trinajstić information content (AvgIpc) is 2.85. The molecule has 21 heavy (non-hydrogen) atoms. The van der Waals surface area contributed by atoms with Gasteiger partial charge in [0.25, 0.3) is 11.5 Å². The number of H-pyrrole nitrogens is 2. The number of nitrogens with zero attached hydrogens (tertiary/aromatic N) is 2. The summed E-state index contributed by atoms with van der Waals surface area (Å²) >= 11 is 0. The maximum absolute atomic E-state index is 12.2. The molecule has 7 heteroatoms. The predicted molar refractivity (Wildman–Crippen MR) is 79.6 cm³/mol. The Kier molecular flexibility index (Phi) is 4.21. The molecule has 0 spiro atoms. The fourth-order valence-corrected chi connectivity index (χ4v) is 1.93. The molecule has 3 N–H and O–H groups in total. The van der Waals surface area contributed by atoms with Crippen molar-refractivity contribution >= 4 is 11.7 Å². The van der Waals surface area contributed by atoms with E-state index in [1.165, 1.54) is 0 Å². The van der Waals surface area contributed by atoms with Crippen LogP contribution in [0.2, 0.25) is 0 Å². The average molecular weight is 289 g/mol. The van der Waals surface area contributed by atoms with Gasteiger partial charge >= 0.3 is 0 Å². The molecule has 1 amide bonds. The van der Waals surface area contributed by atoms with E-state index in [9.17, 15) is 9.59 Å². The first-order valence-electron chi connectivity index (χ1n) is 6.88. The van der Waals surface area contributed by atoms with Gasteiger partial charge in [0, 0.05) is 17.7 Å². The van der Waals surface area contributed by atoms with Crippen LogP contribution in [0.5, 0.6) is 0 Å². The second kappa shape index (κ2) is 5.90. The van der Waals surface area contributed by atoms with E-state index < -0.39 is 11.5 Å². The number of carbonyl (C=O) groups excluding carboxylic acids is 1. The van der Waals surface area contributed by atoms with E-state index in [1.54, 1.807) is 13.0 Å². The highest BCUT2D eigenvalue weighted by molar-refractivity contribution is 6.04. The summed E-state index contributed by atoms with van der Waals surface area (Å²) in [4.78, 5) is 31.2. The minimum Gasteiger partial charge on any atom is -0.310 e. The Labute approximate surface area is 122 Å². The highest BCUT2D eigenvalue weighted by Gasteiger charge is 2.18. The minimum atomic E-state index is -0.509. The minimum absolute atomic E-state index is 0.0143. The number of hydrogen-bond acceptors (Lipinski definition) is 4. The normalized spacial score (nSPS) is 10.9. The standard InChI is InChI=1S/C14H19N5O2/c1-5-9-6-10(19-18-9)16-13(20)11-8(4)15-12(7(2)3)17-14(11)21/h6-7H,5H2,1-4H3,(H,15,17,21)(H2,16,18,19,20). The maximum Gasteiger partial charge on any atom is 0.264 e. The third kappa shape index (κ3) is 3.18. The van der Waals surface area contributed by atoms with Crippen LogP contribution in [0.25, 0.3) is 0 Å². The lowest BCUT2D eigenvalue weighted by Crippen LogP contribution is -2.27. The van der Waals surface area contributed by atoms with Crippen molar-refractivity contribution in [2.75, 3.05) is 5.32 Å². The van der Waals surface area contributed by atoms with E-state index >= 15 is 0 Å². The highest BCUT2D eigenvalue weighted by Crippen LogP contribution is 2.11. The molecule has 0 fully saturated rings. The summed E-state index contributed by atoms with van der Waals surface area (Å²) < 4.78 is 0. The zero-order valence-electron chi connectivity index (χ0n) is 12.6. The smallest absolute Gasteiger partial charge is 0.264 e. The number of carbonyl (C=O) groups is 1. The monoisotopic (exact) mass is 289 g/mol. The van der Waals surface area contributed by atoms with Gasteiger partial charge in [0.2, 0.25) is 0 Å². The van der Waals surface area contributed by atoms with E-state index in [2.05, 4.69) is 25.5 Å². The first-order valence-corrected chi connectivity index (χ1v) is 6.88. The molecule has 112 valence electrons. The van der Waals surface area contributed by atoms with Crippen molar-refractivity contribution in [3.63, 3.8) is 0 Å². The summed E-state index contributed by atoms with van der Waals surface area (Å²) in [5.41, 5.74) is 0.894. The fourth-order valence-electron chi connectivity index (χ4n) is 1.93. The molecule has 0 unspecified atom stereocenters. The second-order valence-corrected chi connectivity index (χ2v) is 5.15. The number of aromatic nitrogens is 4. The predicted octanol–water partition coefficient (Wildman–Crippen LogP) is 1.74. The molecular formula is C14H19N5O2. The summed E-state index contributed by atoms with van der Waals surface area (Å²) in [6, 6.07) is 1.73. The summed E-state index contributed by atoms with van der Waals surface area (Å²) in [6.45, 7) is 7.47. The molecular weight excluding hydrogens is 270 g/mol. The van der Waals surface area contributed by atoms with Crippen LogP contribution < -0.4 is 10.9 Å². The zero-order valence-corrected chi connectivity index (χ0v) is 12.6. The first-order chi connectivity index (χ1) is 9.92. The number of aromatic amines is 2. The van der Waals surface area contributed by atoms with Gasteiger partial charge in [-0.15, -0.1) is 0 Å². The Balaban J connectivity index is 2.29. The van der Waals surface area contributed by atoms with Crippen LogP contribution in [0.4, 0.5) is 5.82 Å². The molecule has 0 aromatic carbocycles.